The molecular weight excluding hydrogens is 242 g/mol. The van der Waals surface area contributed by atoms with Crippen LogP contribution in [0.4, 0.5) is 0 Å². The Labute approximate surface area is 111 Å². The highest BCUT2D eigenvalue weighted by atomic mass is 16.3. The molecule has 2 aromatic rings. The second-order valence-electron chi connectivity index (χ2n) is 5.03. The maximum Gasteiger partial charge on any atom is 0.290 e. The van der Waals surface area contributed by atoms with Crippen LogP contribution in [0.15, 0.2) is 28.7 Å². The minimum atomic E-state index is -0.106. The number of hydrogen-bond donors (Lipinski definition) is 1. The van der Waals surface area contributed by atoms with Gasteiger partial charge in [-0.15, -0.1) is 0 Å². The Morgan fingerprint density at radius 2 is 2.26 bits per heavy atom. The molecule has 0 radical (unpaired) electrons. The van der Waals surface area contributed by atoms with Crippen molar-refractivity contribution >= 4 is 16.9 Å². The fourth-order valence-electron chi connectivity index (χ4n) is 2.80. The van der Waals surface area contributed by atoms with Crippen molar-refractivity contribution in [3.05, 3.63) is 35.6 Å². The van der Waals surface area contributed by atoms with Crippen LogP contribution in [0.25, 0.3) is 11.0 Å². The summed E-state index contributed by atoms with van der Waals surface area (Å²) in [5, 5.41) is 10.3. The first-order chi connectivity index (χ1) is 9.22. The highest BCUT2D eigenvalue weighted by molar-refractivity contribution is 5.99. The van der Waals surface area contributed by atoms with E-state index in [9.17, 15) is 9.90 Å². The molecule has 1 aliphatic heterocycles. The smallest absolute Gasteiger partial charge is 0.290 e. The second-order valence-corrected chi connectivity index (χ2v) is 5.03. The second kappa shape index (κ2) is 4.70. The van der Waals surface area contributed by atoms with Crippen molar-refractivity contribution in [3.8, 4) is 0 Å². The summed E-state index contributed by atoms with van der Waals surface area (Å²) in [6, 6.07) is 7.59. The quantitative estimate of drug-likeness (QED) is 0.900. The molecule has 1 amide bonds. The van der Waals surface area contributed by atoms with Crippen molar-refractivity contribution in [1.29, 1.82) is 0 Å². The van der Waals surface area contributed by atoms with Gasteiger partial charge in [0.2, 0.25) is 0 Å². The zero-order valence-corrected chi connectivity index (χ0v) is 10.9. The Bertz CT molecular complexity index is 617. The number of aliphatic hydroxyl groups is 1. The van der Waals surface area contributed by atoms with Crippen LogP contribution >= 0.6 is 0 Å². The Hall–Kier alpha value is -1.81. The SMILES string of the molecule is Cc1c(C(=O)N2CCC[C@@H]2CO)oc2ccccc12. The molecule has 1 saturated heterocycles. The summed E-state index contributed by atoms with van der Waals surface area (Å²) in [6.07, 6.45) is 1.80. The molecule has 4 heteroatoms. The number of amides is 1. The van der Waals surface area contributed by atoms with Crippen LogP contribution < -0.4 is 0 Å². The maximum atomic E-state index is 12.5. The van der Waals surface area contributed by atoms with Crippen molar-refractivity contribution in [1.82, 2.24) is 4.90 Å². The molecule has 1 aliphatic rings. The number of para-hydroxylation sites is 1. The molecule has 0 unspecified atom stereocenters. The van der Waals surface area contributed by atoms with Crippen LogP contribution in [-0.4, -0.2) is 35.1 Å². The van der Waals surface area contributed by atoms with Crippen LogP contribution in [0, 0.1) is 6.92 Å². The molecule has 3 rings (SSSR count). The summed E-state index contributed by atoms with van der Waals surface area (Å²) in [5.74, 6) is 0.298. The number of benzene rings is 1. The van der Waals surface area contributed by atoms with Gasteiger partial charge in [-0.25, -0.2) is 0 Å². The standard InChI is InChI=1S/C15H17NO3/c1-10-12-6-2-3-7-13(12)19-14(10)15(18)16-8-4-5-11(16)9-17/h2-3,6-7,11,17H,4-5,8-9H2,1H3/t11-/m1/s1. The lowest BCUT2D eigenvalue weighted by atomic mass is 10.1. The van der Waals surface area contributed by atoms with E-state index >= 15 is 0 Å². The first kappa shape index (κ1) is 12.2. The number of hydrogen-bond acceptors (Lipinski definition) is 3. The fourth-order valence-corrected chi connectivity index (χ4v) is 2.80. The summed E-state index contributed by atoms with van der Waals surface area (Å²) in [7, 11) is 0. The number of carbonyl (C=O) groups excluding carboxylic acids is 1. The van der Waals surface area contributed by atoms with E-state index in [1.54, 1.807) is 4.90 Å². The van der Waals surface area contributed by atoms with E-state index < -0.39 is 0 Å². The van der Waals surface area contributed by atoms with Crippen molar-refractivity contribution in [2.45, 2.75) is 25.8 Å². The third-order valence-electron chi connectivity index (χ3n) is 3.89. The van der Waals surface area contributed by atoms with Gasteiger partial charge in [0.05, 0.1) is 12.6 Å². The molecule has 0 bridgehead atoms. The number of aliphatic hydroxyl groups excluding tert-OH is 1. The van der Waals surface area contributed by atoms with Crippen LogP contribution in [-0.2, 0) is 0 Å². The largest absolute Gasteiger partial charge is 0.451 e. The molecule has 100 valence electrons. The number of likely N-dealkylation sites (tertiary alicyclic amines) is 1. The van der Waals surface area contributed by atoms with Gasteiger partial charge in [0.15, 0.2) is 5.76 Å². The highest BCUT2D eigenvalue weighted by Crippen LogP contribution is 2.28. The molecule has 1 fully saturated rings. The Kier molecular flexibility index (Phi) is 3.03. The van der Waals surface area contributed by atoms with E-state index in [1.165, 1.54) is 0 Å². The molecule has 1 atom stereocenters. The summed E-state index contributed by atoms with van der Waals surface area (Å²) < 4.78 is 5.69. The summed E-state index contributed by atoms with van der Waals surface area (Å²) in [5.41, 5.74) is 1.62. The van der Waals surface area contributed by atoms with Gasteiger partial charge in [-0.1, -0.05) is 18.2 Å². The summed E-state index contributed by atoms with van der Waals surface area (Å²) >= 11 is 0. The normalized spacial score (nSPS) is 19.3. The molecule has 1 N–H and O–H groups in total. The minimum Gasteiger partial charge on any atom is -0.451 e. The maximum absolute atomic E-state index is 12.5. The first-order valence-electron chi connectivity index (χ1n) is 6.62. The number of rotatable bonds is 2. The zero-order chi connectivity index (χ0) is 13.4. The van der Waals surface area contributed by atoms with Crippen LogP contribution in [0.1, 0.15) is 29.0 Å². The van der Waals surface area contributed by atoms with E-state index in [1.807, 2.05) is 31.2 Å². The van der Waals surface area contributed by atoms with Gasteiger partial charge >= 0.3 is 0 Å². The van der Waals surface area contributed by atoms with Gasteiger partial charge in [0.1, 0.15) is 5.58 Å². The average Bonchev–Trinajstić information content (AvgIpc) is 3.03. The van der Waals surface area contributed by atoms with E-state index in [-0.39, 0.29) is 18.6 Å². The number of aryl methyl sites for hydroxylation is 1. The highest BCUT2D eigenvalue weighted by Gasteiger charge is 2.31. The van der Waals surface area contributed by atoms with Crippen LogP contribution in [0.2, 0.25) is 0 Å². The van der Waals surface area contributed by atoms with E-state index in [0.29, 0.717) is 12.3 Å². The van der Waals surface area contributed by atoms with Crippen molar-refractivity contribution in [3.63, 3.8) is 0 Å². The predicted octanol–water partition coefficient (Wildman–Crippen LogP) is 2.34. The number of fused-ring (bicyclic) bond motifs is 1. The average molecular weight is 259 g/mol. The molecule has 0 saturated carbocycles. The Morgan fingerprint density at radius 1 is 1.47 bits per heavy atom. The molecule has 1 aromatic heterocycles. The third kappa shape index (κ3) is 1.92. The van der Waals surface area contributed by atoms with Crippen LogP contribution in [0.3, 0.4) is 0 Å². The summed E-state index contributed by atoms with van der Waals surface area (Å²) in [4.78, 5) is 14.3. The molecular formula is C15H17NO3. The van der Waals surface area contributed by atoms with Crippen molar-refractivity contribution < 1.29 is 14.3 Å². The van der Waals surface area contributed by atoms with Crippen molar-refractivity contribution in [2.75, 3.05) is 13.2 Å². The molecule has 0 aliphatic carbocycles. The third-order valence-corrected chi connectivity index (χ3v) is 3.89. The van der Waals surface area contributed by atoms with E-state index in [2.05, 4.69) is 0 Å². The number of furan rings is 1. The number of nitrogens with zero attached hydrogens (tertiary/aromatic N) is 1. The van der Waals surface area contributed by atoms with Gasteiger partial charge < -0.3 is 14.4 Å². The fraction of sp³-hybridized carbons (Fsp3) is 0.400. The van der Waals surface area contributed by atoms with Crippen molar-refractivity contribution in [2.24, 2.45) is 0 Å². The number of carbonyl (C=O) groups is 1. The topological polar surface area (TPSA) is 53.7 Å². The van der Waals surface area contributed by atoms with Gasteiger partial charge in [0.25, 0.3) is 5.91 Å². The Morgan fingerprint density at radius 3 is 3.00 bits per heavy atom. The summed E-state index contributed by atoms with van der Waals surface area (Å²) in [6.45, 7) is 2.62. The lowest BCUT2D eigenvalue weighted by Crippen LogP contribution is -2.37. The molecule has 0 spiro atoms. The Balaban J connectivity index is 2.00. The van der Waals surface area contributed by atoms with E-state index in [4.69, 9.17) is 4.42 Å². The van der Waals surface area contributed by atoms with Gasteiger partial charge in [-0.05, 0) is 25.8 Å². The van der Waals surface area contributed by atoms with Gasteiger partial charge in [0, 0.05) is 17.5 Å². The van der Waals surface area contributed by atoms with E-state index in [0.717, 1.165) is 29.4 Å². The van der Waals surface area contributed by atoms with Crippen LogP contribution in [0.5, 0.6) is 0 Å². The van der Waals surface area contributed by atoms with Gasteiger partial charge in [-0.2, -0.15) is 0 Å². The lowest BCUT2D eigenvalue weighted by Gasteiger charge is -2.22. The molecule has 1 aromatic carbocycles. The molecule has 19 heavy (non-hydrogen) atoms. The predicted molar refractivity (Wildman–Crippen MR) is 72.1 cm³/mol. The molecule has 2 heterocycles. The minimum absolute atomic E-state index is 0.0189. The molecule has 4 nitrogen and oxygen atoms in total. The first-order valence-corrected chi connectivity index (χ1v) is 6.62. The van der Waals surface area contributed by atoms with Gasteiger partial charge in [-0.3, -0.25) is 4.79 Å². The monoisotopic (exact) mass is 259 g/mol. The lowest BCUT2D eigenvalue weighted by molar-refractivity contribution is 0.0647. The zero-order valence-electron chi connectivity index (χ0n) is 10.9.